The molecule has 23 heavy (non-hydrogen) atoms. The zero-order chi connectivity index (χ0) is 16.0. The van der Waals surface area contributed by atoms with Crippen LogP contribution in [0.2, 0.25) is 0 Å². The van der Waals surface area contributed by atoms with Crippen molar-refractivity contribution in [2.75, 3.05) is 20.8 Å². The maximum atomic E-state index is 9.72. The Morgan fingerprint density at radius 3 is 2.57 bits per heavy atom. The third-order valence-corrected chi connectivity index (χ3v) is 5.09. The van der Waals surface area contributed by atoms with Gasteiger partial charge in [0.25, 0.3) is 0 Å². The average Bonchev–Trinajstić information content (AvgIpc) is 2.58. The van der Waals surface area contributed by atoms with Crippen molar-refractivity contribution in [1.29, 1.82) is 0 Å². The SMILES string of the molecule is COc1cc2c(cc1OC)C1Cc3ccc(O)cc3CN1CC2. The van der Waals surface area contributed by atoms with Gasteiger partial charge < -0.3 is 14.6 Å². The van der Waals surface area contributed by atoms with Crippen molar-refractivity contribution >= 4 is 0 Å². The number of rotatable bonds is 2. The van der Waals surface area contributed by atoms with Gasteiger partial charge in [-0.1, -0.05) is 6.07 Å². The molecule has 1 unspecified atom stereocenters. The number of phenols is 1. The lowest BCUT2D eigenvalue weighted by Gasteiger charge is -2.41. The van der Waals surface area contributed by atoms with E-state index >= 15 is 0 Å². The molecule has 0 aliphatic carbocycles. The summed E-state index contributed by atoms with van der Waals surface area (Å²) in [6, 6.07) is 10.4. The molecule has 4 heteroatoms. The van der Waals surface area contributed by atoms with Crippen LogP contribution in [-0.4, -0.2) is 30.8 Å². The van der Waals surface area contributed by atoms with Crippen LogP contribution < -0.4 is 9.47 Å². The summed E-state index contributed by atoms with van der Waals surface area (Å²) in [7, 11) is 3.37. The van der Waals surface area contributed by atoms with E-state index in [2.05, 4.69) is 23.1 Å². The van der Waals surface area contributed by atoms with E-state index < -0.39 is 0 Å². The van der Waals surface area contributed by atoms with E-state index in [4.69, 9.17) is 9.47 Å². The fourth-order valence-corrected chi connectivity index (χ4v) is 3.89. The van der Waals surface area contributed by atoms with E-state index in [1.807, 2.05) is 6.07 Å². The van der Waals surface area contributed by atoms with Crippen molar-refractivity contribution in [1.82, 2.24) is 4.90 Å². The van der Waals surface area contributed by atoms with E-state index in [1.54, 1.807) is 20.3 Å². The number of phenolic OH excluding ortho intramolecular Hbond substituents is 1. The fraction of sp³-hybridized carbons (Fsp3) is 0.368. The molecule has 0 bridgehead atoms. The highest BCUT2D eigenvalue weighted by molar-refractivity contribution is 5.50. The van der Waals surface area contributed by atoms with Crippen molar-refractivity contribution in [2.45, 2.75) is 25.4 Å². The standard InChI is InChI=1S/C19H21NO3/c1-22-18-9-13-5-6-20-11-14-7-15(21)4-3-12(14)8-17(20)16(13)10-19(18)23-2/h3-4,7,9-10,17,21H,5-6,8,11H2,1-2H3. The molecule has 0 spiro atoms. The molecule has 120 valence electrons. The first-order valence-electron chi connectivity index (χ1n) is 7.99. The van der Waals surface area contributed by atoms with Crippen molar-refractivity contribution in [3.63, 3.8) is 0 Å². The summed E-state index contributed by atoms with van der Waals surface area (Å²) in [6.45, 7) is 1.92. The first kappa shape index (κ1) is 14.4. The summed E-state index contributed by atoms with van der Waals surface area (Å²) in [5, 5.41) is 9.72. The minimum atomic E-state index is 0.353. The summed E-state index contributed by atoms with van der Waals surface area (Å²) in [4.78, 5) is 2.50. The van der Waals surface area contributed by atoms with Crippen molar-refractivity contribution in [3.8, 4) is 17.2 Å². The molecule has 4 rings (SSSR count). The topological polar surface area (TPSA) is 41.9 Å². The minimum Gasteiger partial charge on any atom is -0.508 e. The van der Waals surface area contributed by atoms with Gasteiger partial charge in [-0.3, -0.25) is 4.90 Å². The minimum absolute atomic E-state index is 0.353. The van der Waals surface area contributed by atoms with Crippen LogP contribution in [0.25, 0.3) is 0 Å². The van der Waals surface area contributed by atoms with Gasteiger partial charge in [0.05, 0.1) is 14.2 Å². The number of aromatic hydroxyl groups is 1. The maximum Gasteiger partial charge on any atom is 0.161 e. The molecule has 0 aromatic heterocycles. The highest BCUT2D eigenvalue weighted by atomic mass is 16.5. The van der Waals surface area contributed by atoms with Crippen LogP contribution >= 0.6 is 0 Å². The number of hydrogen-bond acceptors (Lipinski definition) is 4. The van der Waals surface area contributed by atoms with Gasteiger partial charge >= 0.3 is 0 Å². The monoisotopic (exact) mass is 311 g/mol. The predicted molar refractivity (Wildman–Crippen MR) is 88.2 cm³/mol. The molecule has 2 aromatic carbocycles. The van der Waals surface area contributed by atoms with Crippen LogP contribution in [0.3, 0.4) is 0 Å². The van der Waals surface area contributed by atoms with E-state index in [0.29, 0.717) is 11.8 Å². The molecule has 2 heterocycles. The van der Waals surface area contributed by atoms with Crippen LogP contribution in [0.15, 0.2) is 30.3 Å². The van der Waals surface area contributed by atoms with Crippen LogP contribution in [0, 0.1) is 0 Å². The second-order valence-electron chi connectivity index (χ2n) is 6.30. The Morgan fingerprint density at radius 2 is 1.78 bits per heavy atom. The lowest BCUT2D eigenvalue weighted by atomic mass is 9.84. The number of ether oxygens (including phenoxy) is 2. The highest BCUT2D eigenvalue weighted by Gasteiger charge is 2.33. The highest BCUT2D eigenvalue weighted by Crippen LogP contribution is 2.42. The molecule has 0 saturated heterocycles. The van der Waals surface area contributed by atoms with E-state index in [0.717, 1.165) is 37.4 Å². The van der Waals surface area contributed by atoms with E-state index in [9.17, 15) is 5.11 Å². The van der Waals surface area contributed by atoms with Gasteiger partial charge in [-0.05, 0) is 59.4 Å². The Labute approximate surface area is 136 Å². The fourth-order valence-electron chi connectivity index (χ4n) is 3.89. The molecular formula is C19H21NO3. The van der Waals surface area contributed by atoms with Gasteiger partial charge in [-0.2, -0.15) is 0 Å². The Kier molecular flexibility index (Phi) is 3.42. The van der Waals surface area contributed by atoms with Gasteiger partial charge in [0.15, 0.2) is 11.5 Å². The summed E-state index contributed by atoms with van der Waals surface area (Å²) in [5.41, 5.74) is 5.26. The molecule has 0 radical (unpaired) electrons. The van der Waals surface area contributed by atoms with Crippen LogP contribution in [0.5, 0.6) is 17.2 Å². The van der Waals surface area contributed by atoms with Crippen LogP contribution in [0.1, 0.15) is 28.3 Å². The first-order valence-corrected chi connectivity index (χ1v) is 7.99. The van der Waals surface area contributed by atoms with Gasteiger partial charge in [0.1, 0.15) is 5.75 Å². The van der Waals surface area contributed by atoms with Gasteiger partial charge in [-0.15, -0.1) is 0 Å². The third-order valence-electron chi connectivity index (χ3n) is 5.09. The van der Waals surface area contributed by atoms with Crippen molar-refractivity contribution in [3.05, 3.63) is 52.6 Å². The molecule has 1 N–H and O–H groups in total. The summed E-state index contributed by atoms with van der Waals surface area (Å²) < 4.78 is 10.9. The third kappa shape index (κ3) is 2.34. The molecule has 0 saturated carbocycles. The largest absolute Gasteiger partial charge is 0.508 e. The number of methoxy groups -OCH3 is 2. The Morgan fingerprint density at radius 1 is 1.00 bits per heavy atom. The number of hydrogen-bond donors (Lipinski definition) is 1. The first-order chi connectivity index (χ1) is 11.2. The van der Waals surface area contributed by atoms with Gasteiger partial charge in [0.2, 0.25) is 0 Å². The molecule has 4 nitrogen and oxygen atoms in total. The summed E-state index contributed by atoms with van der Waals surface area (Å²) in [6.07, 6.45) is 1.98. The second kappa shape index (κ2) is 5.46. The number of nitrogens with zero attached hydrogens (tertiary/aromatic N) is 1. The smallest absolute Gasteiger partial charge is 0.161 e. The zero-order valence-corrected chi connectivity index (χ0v) is 13.5. The Hall–Kier alpha value is -2.20. The lowest BCUT2D eigenvalue weighted by molar-refractivity contribution is 0.160. The quantitative estimate of drug-likeness (QED) is 0.925. The predicted octanol–water partition coefficient (Wildman–Crippen LogP) is 3.06. The summed E-state index contributed by atoms with van der Waals surface area (Å²) >= 11 is 0. The Bertz CT molecular complexity index is 757. The maximum absolute atomic E-state index is 9.72. The van der Waals surface area contributed by atoms with Crippen molar-refractivity contribution < 1.29 is 14.6 Å². The number of fused-ring (bicyclic) bond motifs is 4. The molecule has 2 aliphatic rings. The lowest BCUT2D eigenvalue weighted by Crippen LogP contribution is -2.39. The molecule has 2 aliphatic heterocycles. The Balaban J connectivity index is 1.76. The molecule has 0 fully saturated rings. The molecule has 1 atom stereocenters. The van der Waals surface area contributed by atoms with E-state index in [1.165, 1.54) is 22.3 Å². The van der Waals surface area contributed by atoms with Crippen LogP contribution in [-0.2, 0) is 19.4 Å². The second-order valence-corrected chi connectivity index (χ2v) is 6.30. The van der Waals surface area contributed by atoms with Crippen molar-refractivity contribution in [2.24, 2.45) is 0 Å². The number of benzene rings is 2. The van der Waals surface area contributed by atoms with Gasteiger partial charge in [0, 0.05) is 19.1 Å². The zero-order valence-electron chi connectivity index (χ0n) is 13.5. The van der Waals surface area contributed by atoms with Gasteiger partial charge in [-0.25, -0.2) is 0 Å². The molecular weight excluding hydrogens is 290 g/mol. The normalized spacial score (nSPS) is 19.5. The van der Waals surface area contributed by atoms with E-state index in [-0.39, 0.29) is 0 Å². The summed E-state index contributed by atoms with van der Waals surface area (Å²) in [5.74, 6) is 1.96. The molecule has 2 aromatic rings. The van der Waals surface area contributed by atoms with Crippen LogP contribution in [0.4, 0.5) is 0 Å². The molecule has 0 amide bonds. The average molecular weight is 311 g/mol.